The van der Waals surface area contributed by atoms with Crippen molar-refractivity contribution in [1.29, 1.82) is 0 Å². The second-order valence-electron chi connectivity index (χ2n) is 6.09. The molecule has 1 unspecified atom stereocenters. The van der Waals surface area contributed by atoms with Crippen molar-refractivity contribution < 1.29 is 0 Å². The van der Waals surface area contributed by atoms with Gasteiger partial charge in [0.15, 0.2) is 0 Å². The van der Waals surface area contributed by atoms with Crippen LogP contribution in [0, 0.1) is 17.8 Å². The van der Waals surface area contributed by atoms with Gasteiger partial charge in [0.25, 0.3) is 0 Å². The molecule has 1 fully saturated rings. The molecule has 3 N–H and O–H groups in total. The van der Waals surface area contributed by atoms with Gasteiger partial charge in [-0.1, -0.05) is 25.4 Å². The van der Waals surface area contributed by atoms with Crippen molar-refractivity contribution in [1.82, 2.24) is 5.43 Å². The number of hydrazine groups is 1. The third kappa shape index (κ3) is 3.94. The van der Waals surface area contributed by atoms with Gasteiger partial charge in [-0.25, -0.2) is 0 Å². The monoisotopic (exact) mass is 300 g/mol. The molecule has 0 saturated heterocycles. The van der Waals surface area contributed by atoms with E-state index in [0.29, 0.717) is 12.0 Å². The summed E-state index contributed by atoms with van der Waals surface area (Å²) in [5.41, 5.74) is 3.03. The Balaban J connectivity index is 1.91. The van der Waals surface area contributed by atoms with Crippen LogP contribution in [0.15, 0.2) is 11.4 Å². The van der Waals surface area contributed by atoms with Crippen LogP contribution in [0.2, 0.25) is 5.02 Å². The van der Waals surface area contributed by atoms with Crippen molar-refractivity contribution in [3.05, 3.63) is 21.3 Å². The van der Waals surface area contributed by atoms with Gasteiger partial charge >= 0.3 is 0 Å². The number of hydrogen-bond donors (Lipinski definition) is 2. The van der Waals surface area contributed by atoms with E-state index in [-0.39, 0.29) is 0 Å². The zero-order valence-corrected chi connectivity index (χ0v) is 13.4. The molecule has 0 spiro atoms. The summed E-state index contributed by atoms with van der Waals surface area (Å²) in [6, 6.07) is 2.34. The van der Waals surface area contributed by atoms with Gasteiger partial charge in [0.2, 0.25) is 0 Å². The minimum absolute atomic E-state index is 0.365. The molecule has 1 aliphatic rings. The van der Waals surface area contributed by atoms with Crippen LogP contribution in [0.3, 0.4) is 0 Å². The fourth-order valence-electron chi connectivity index (χ4n) is 3.25. The van der Waals surface area contributed by atoms with E-state index in [2.05, 4.69) is 24.7 Å². The topological polar surface area (TPSA) is 38.0 Å². The second kappa shape index (κ2) is 7.07. The van der Waals surface area contributed by atoms with Crippen molar-refractivity contribution in [3.63, 3.8) is 0 Å². The van der Waals surface area contributed by atoms with Crippen molar-refractivity contribution >= 4 is 22.9 Å². The van der Waals surface area contributed by atoms with E-state index >= 15 is 0 Å². The van der Waals surface area contributed by atoms with Crippen LogP contribution in [0.1, 0.15) is 44.4 Å². The molecule has 1 atom stereocenters. The van der Waals surface area contributed by atoms with E-state index in [4.69, 9.17) is 17.4 Å². The van der Waals surface area contributed by atoms with Crippen LogP contribution in [0.25, 0.3) is 0 Å². The Morgan fingerprint density at radius 1 is 1.32 bits per heavy atom. The third-order valence-corrected chi connectivity index (χ3v) is 6.05. The number of rotatable bonds is 5. The predicted molar refractivity (Wildman–Crippen MR) is 84.4 cm³/mol. The summed E-state index contributed by atoms with van der Waals surface area (Å²) in [6.07, 6.45) is 6.24. The molecular weight excluding hydrogens is 276 g/mol. The van der Waals surface area contributed by atoms with Crippen molar-refractivity contribution in [2.75, 3.05) is 0 Å². The summed E-state index contributed by atoms with van der Waals surface area (Å²) >= 11 is 7.92. The fraction of sp³-hybridized carbons (Fsp3) is 0.733. The summed E-state index contributed by atoms with van der Waals surface area (Å²) in [7, 11) is 0. The van der Waals surface area contributed by atoms with Crippen LogP contribution in [-0.2, 0) is 6.42 Å². The first-order valence-corrected chi connectivity index (χ1v) is 8.55. The molecule has 108 valence electrons. The molecule has 4 heteroatoms. The smallest absolute Gasteiger partial charge is 0.0545 e. The van der Waals surface area contributed by atoms with Gasteiger partial charge in [0.05, 0.1) is 5.02 Å². The van der Waals surface area contributed by atoms with E-state index in [9.17, 15) is 0 Å². The lowest BCUT2D eigenvalue weighted by Crippen LogP contribution is -2.43. The van der Waals surface area contributed by atoms with Gasteiger partial charge in [-0.05, 0) is 54.9 Å². The highest BCUT2D eigenvalue weighted by atomic mass is 35.5. The maximum atomic E-state index is 6.19. The van der Waals surface area contributed by atoms with Gasteiger partial charge in [-0.15, -0.1) is 11.3 Å². The summed E-state index contributed by atoms with van der Waals surface area (Å²) in [4.78, 5) is 1.26. The first kappa shape index (κ1) is 15.3. The molecule has 0 aliphatic heterocycles. The highest BCUT2D eigenvalue weighted by Gasteiger charge is 2.28. The molecule has 1 heterocycles. The maximum absolute atomic E-state index is 6.19. The summed E-state index contributed by atoms with van der Waals surface area (Å²) in [5, 5.41) is 2.95. The minimum atomic E-state index is 0.365. The molecule has 1 saturated carbocycles. The fourth-order valence-corrected chi connectivity index (χ4v) is 4.42. The van der Waals surface area contributed by atoms with Crippen LogP contribution in [-0.4, -0.2) is 6.04 Å². The Hall–Kier alpha value is -0.0900. The molecule has 2 nitrogen and oxygen atoms in total. The molecular formula is C15H25ClN2S. The second-order valence-corrected chi connectivity index (χ2v) is 7.50. The van der Waals surface area contributed by atoms with Gasteiger partial charge in [-0.3, -0.25) is 11.3 Å². The first-order chi connectivity index (χ1) is 9.11. The lowest BCUT2D eigenvalue weighted by molar-refractivity contribution is 0.188. The molecule has 0 amide bonds. The lowest BCUT2D eigenvalue weighted by atomic mass is 9.74. The van der Waals surface area contributed by atoms with Crippen molar-refractivity contribution in [2.24, 2.45) is 23.6 Å². The molecule has 1 aliphatic carbocycles. The minimum Gasteiger partial charge on any atom is -0.271 e. The SMILES string of the molecule is CC(C)C1CCC(C(Cc2sccc2Cl)NN)CC1. The van der Waals surface area contributed by atoms with E-state index in [0.717, 1.165) is 23.3 Å². The predicted octanol–water partition coefficient (Wildman–Crippen LogP) is 4.24. The first-order valence-electron chi connectivity index (χ1n) is 7.29. The standard InChI is InChI=1S/C15H25ClN2S/c1-10(2)11-3-5-12(6-4-11)14(18-17)9-15-13(16)7-8-19-15/h7-8,10-12,14,18H,3-6,9,17H2,1-2H3. The number of thiophene rings is 1. The highest BCUT2D eigenvalue weighted by molar-refractivity contribution is 7.10. The van der Waals surface area contributed by atoms with Gasteiger partial charge in [-0.2, -0.15) is 0 Å². The van der Waals surface area contributed by atoms with Gasteiger partial charge in [0.1, 0.15) is 0 Å². The molecule has 2 rings (SSSR count). The van der Waals surface area contributed by atoms with Crippen LogP contribution in [0.4, 0.5) is 0 Å². The van der Waals surface area contributed by atoms with Crippen molar-refractivity contribution in [3.8, 4) is 0 Å². The van der Waals surface area contributed by atoms with Gasteiger partial charge < -0.3 is 0 Å². The third-order valence-electron chi connectivity index (χ3n) is 4.64. The van der Waals surface area contributed by atoms with E-state index in [1.165, 1.54) is 30.6 Å². The molecule has 1 aromatic rings. The zero-order chi connectivity index (χ0) is 13.8. The average Bonchev–Trinajstić information content (AvgIpc) is 2.81. The Morgan fingerprint density at radius 2 is 1.95 bits per heavy atom. The van der Waals surface area contributed by atoms with Gasteiger partial charge in [0, 0.05) is 17.3 Å². The molecule has 0 radical (unpaired) electrons. The quantitative estimate of drug-likeness (QED) is 0.630. The Bertz CT molecular complexity index is 383. The summed E-state index contributed by atoms with van der Waals surface area (Å²) < 4.78 is 0. The Kier molecular flexibility index (Phi) is 5.70. The number of nitrogens with one attached hydrogen (secondary N) is 1. The van der Waals surface area contributed by atoms with Crippen LogP contribution >= 0.6 is 22.9 Å². The Labute approximate surface area is 125 Å². The highest BCUT2D eigenvalue weighted by Crippen LogP contribution is 2.36. The van der Waals surface area contributed by atoms with E-state index in [1.807, 2.05) is 6.07 Å². The largest absolute Gasteiger partial charge is 0.271 e. The molecule has 19 heavy (non-hydrogen) atoms. The lowest BCUT2D eigenvalue weighted by Gasteiger charge is -2.35. The van der Waals surface area contributed by atoms with Crippen molar-refractivity contribution in [2.45, 2.75) is 52.0 Å². The van der Waals surface area contributed by atoms with Crippen LogP contribution in [0.5, 0.6) is 0 Å². The summed E-state index contributed by atoms with van der Waals surface area (Å²) in [6.45, 7) is 4.68. The van der Waals surface area contributed by atoms with E-state index < -0.39 is 0 Å². The Morgan fingerprint density at radius 3 is 2.42 bits per heavy atom. The molecule has 0 aromatic carbocycles. The number of halogens is 1. The molecule has 0 bridgehead atoms. The average molecular weight is 301 g/mol. The summed E-state index contributed by atoms with van der Waals surface area (Å²) in [5.74, 6) is 8.19. The zero-order valence-electron chi connectivity index (χ0n) is 11.9. The normalized spacial score (nSPS) is 25.7. The van der Waals surface area contributed by atoms with E-state index in [1.54, 1.807) is 11.3 Å². The maximum Gasteiger partial charge on any atom is 0.0545 e. The number of nitrogens with two attached hydrogens (primary N) is 1. The van der Waals surface area contributed by atoms with Crippen LogP contribution < -0.4 is 11.3 Å². The number of hydrogen-bond acceptors (Lipinski definition) is 3. The molecule has 1 aromatic heterocycles.